The molecule has 0 aliphatic carbocycles. The Bertz CT molecular complexity index is 695. The van der Waals surface area contributed by atoms with Crippen LogP contribution in [0.3, 0.4) is 0 Å². The van der Waals surface area contributed by atoms with Crippen LogP contribution in [0.5, 0.6) is 5.75 Å². The first-order valence-electron chi connectivity index (χ1n) is 6.51. The van der Waals surface area contributed by atoms with E-state index in [1.165, 1.54) is 12.1 Å². The van der Waals surface area contributed by atoms with Crippen LogP contribution in [0.1, 0.15) is 11.7 Å². The van der Waals surface area contributed by atoms with Crippen LogP contribution in [-0.4, -0.2) is 17.6 Å². The number of terminal acetylenes is 1. The smallest absolute Gasteiger partial charge is 0.257 e. The third-order valence-corrected chi connectivity index (χ3v) is 2.88. The highest BCUT2D eigenvalue weighted by atomic mass is 19.1. The number of halogens is 1. The summed E-state index contributed by atoms with van der Waals surface area (Å²) in [5.74, 6) is 1.19. The molecule has 5 heteroatoms. The zero-order valence-electron chi connectivity index (χ0n) is 11.6. The summed E-state index contributed by atoms with van der Waals surface area (Å²) >= 11 is 0. The molecule has 0 radical (unpaired) electrons. The summed E-state index contributed by atoms with van der Waals surface area (Å²) < 4.78 is 18.4. The topological polar surface area (TPSA) is 58.6 Å². The number of benzene rings is 2. The largest absolute Gasteiger partial charge is 0.479 e. The van der Waals surface area contributed by atoms with Gasteiger partial charge < -0.3 is 15.2 Å². The zero-order chi connectivity index (χ0) is 15.9. The molecule has 4 nitrogen and oxygen atoms in total. The number of hydrogen-bond acceptors (Lipinski definition) is 3. The summed E-state index contributed by atoms with van der Waals surface area (Å²) in [7, 11) is 0. The lowest BCUT2D eigenvalue weighted by Crippen LogP contribution is -2.21. The van der Waals surface area contributed by atoms with Gasteiger partial charge in [0.2, 0.25) is 0 Å². The van der Waals surface area contributed by atoms with Gasteiger partial charge in [-0.05, 0) is 17.7 Å². The fourth-order valence-corrected chi connectivity index (χ4v) is 1.83. The number of nitrogens with one attached hydrogen (secondary N) is 1. The molecular formula is C17H14FNO3. The molecule has 0 saturated carbocycles. The summed E-state index contributed by atoms with van der Waals surface area (Å²) in [6.45, 7) is -0.0619. The molecule has 1 atom stereocenters. The summed E-state index contributed by atoms with van der Waals surface area (Å²) in [4.78, 5) is 12.1. The van der Waals surface area contributed by atoms with E-state index in [-0.39, 0.29) is 18.0 Å². The third kappa shape index (κ3) is 3.84. The number of carbonyl (C=O) groups excluding carboxylic acids is 1. The predicted octanol–water partition coefficient (Wildman–Crippen LogP) is 2.51. The molecule has 1 unspecified atom stereocenters. The highest BCUT2D eigenvalue weighted by molar-refractivity contribution is 5.95. The average molecular weight is 299 g/mol. The molecule has 112 valence electrons. The number of rotatable bonds is 5. The normalized spacial score (nSPS) is 11.3. The Hall–Kier alpha value is -2.84. The fraction of sp³-hybridized carbons (Fsp3) is 0.118. The minimum atomic E-state index is -1.34. The molecule has 0 saturated heterocycles. The van der Waals surface area contributed by atoms with Crippen LogP contribution in [0.4, 0.5) is 10.1 Å². The van der Waals surface area contributed by atoms with Gasteiger partial charge in [-0.1, -0.05) is 36.3 Å². The second-order valence-electron chi connectivity index (χ2n) is 4.44. The molecule has 0 aliphatic heterocycles. The van der Waals surface area contributed by atoms with Gasteiger partial charge in [-0.15, -0.1) is 6.42 Å². The summed E-state index contributed by atoms with van der Waals surface area (Å²) in [6, 6.07) is 12.1. The number of amides is 1. The Labute approximate surface area is 127 Å². The lowest BCUT2D eigenvalue weighted by molar-refractivity contribution is -0.124. The molecule has 22 heavy (non-hydrogen) atoms. The lowest BCUT2D eigenvalue weighted by Gasteiger charge is -2.14. The van der Waals surface area contributed by atoms with E-state index in [1.54, 1.807) is 30.3 Å². The van der Waals surface area contributed by atoms with Crippen LogP contribution in [0.25, 0.3) is 0 Å². The number of carbonyl (C=O) groups is 1. The molecule has 0 aromatic heterocycles. The van der Waals surface area contributed by atoms with Gasteiger partial charge in [0.1, 0.15) is 18.2 Å². The average Bonchev–Trinajstić information content (AvgIpc) is 2.55. The van der Waals surface area contributed by atoms with Gasteiger partial charge in [0.15, 0.2) is 6.10 Å². The van der Waals surface area contributed by atoms with E-state index in [0.29, 0.717) is 5.56 Å². The van der Waals surface area contributed by atoms with Crippen molar-refractivity contribution in [2.24, 2.45) is 0 Å². The lowest BCUT2D eigenvalue weighted by atomic mass is 10.1. The Kier molecular flexibility index (Phi) is 5.12. The van der Waals surface area contributed by atoms with Crippen molar-refractivity contribution in [1.82, 2.24) is 0 Å². The van der Waals surface area contributed by atoms with Crippen LogP contribution >= 0.6 is 0 Å². The molecule has 0 spiro atoms. The van der Waals surface area contributed by atoms with Gasteiger partial charge in [-0.2, -0.15) is 0 Å². The van der Waals surface area contributed by atoms with Crippen LogP contribution in [0, 0.1) is 18.2 Å². The number of ether oxygens (including phenoxy) is 1. The maximum Gasteiger partial charge on any atom is 0.257 e. The third-order valence-electron chi connectivity index (χ3n) is 2.88. The van der Waals surface area contributed by atoms with Crippen LogP contribution < -0.4 is 10.1 Å². The SMILES string of the molecule is C#CCOc1cc(F)ccc1NC(=O)C(O)c1ccccc1. The van der Waals surface area contributed by atoms with Crippen molar-refractivity contribution >= 4 is 11.6 Å². The van der Waals surface area contributed by atoms with E-state index in [0.717, 1.165) is 6.07 Å². The van der Waals surface area contributed by atoms with Gasteiger partial charge in [-0.25, -0.2) is 4.39 Å². The molecule has 1 amide bonds. The van der Waals surface area contributed by atoms with Crippen LogP contribution in [-0.2, 0) is 4.79 Å². The van der Waals surface area contributed by atoms with Crippen LogP contribution in [0.2, 0.25) is 0 Å². The van der Waals surface area contributed by atoms with E-state index in [2.05, 4.69) is 11.2 Å². The Morgan fingerprint density at radius 3 is 2.73 bits per heavy atom. The minimum absolute atomic E-state index is 0.0619. The standard InChI is InChI=1S/C17H14FNO3/c1-2-10-22-15-11-13(18)8-9-14(15)19-17(21)16(20)12-6-4-3-5-7-12/h1,3-9,11,16,20H,10H2,(H,19,21). The number of hydrogen-bond donors (Lipinski definition) is 2. The molecule has 2 rings (SSSR count). The first kappa shape index (κ1) is 15.5. The number of anilines is 1. The first-order valence-corrected chi connectivity index (χ1v) is 6.51. The summed E-state index contributed by atoms with van der Waals surface area (Å²) in [6.07, 6.45) is 3.75. The van der Waals surface area contributed by atoms with E-state index < -0.39 is 17.8 Å². The zero-order valence-corrected chi connectivity index (χ0v) is 11.6. The van der Waals surface area contributed by atoms with Crippen molar-refractivity contribution in [2.45, 2.75) is 6.10 Å². The van der Waals surface area contributed by atoms with Crippen molar-refractivity contribution in [2.75, 3.05) is 11.9 Å². The maximum absolute atomic E-state index is 13.2. The Morgan fingerprint density at radius 2 is 2.05 bits per heavy atom. The molecule has 2 N–H and O–H groups in total. The highest BCUT2D eigenvalue weighted by Gasteiger charge is 2.18. The van der Waals surface area contributed by atoms with E-state index in [9.17, 15) is 14.3 Å². The molecule has 0 fully saturated rings. The van der Waals surface area contributed by atoms with Crippen molar-refractivity contribution in [1.29, 1.82) is 0 Å². The first-order chi connectivity index (χ1) is 10.6. The van der Waals surface area contributed by atoms with Crippen molar-refractivity contribution < 1.29 is 19.0 Å². The minimum Gasteiger partial charge on any atom is -0.479 e. The molecule has 2 aromatic carbocycles. The predicted molar refractivity (Wildman–Crippen MR) is 80.8 cm³/mol. The maximum atomic E-state index is 13.2. The van der Waals surface area contributed by atoms with Gasteiger partial charge in [0.25, 0.3) is 5.91 Å². The molecule has 0 heterocycles. The molecule has 2 aromatic rings. The summed E-state index contributed by atoms with van der Waals surface area (Å²) in [5, 5.41) is 12.5. The quantitative estimate of drug-likeness (QED) is 0.834. The Morgan fingerprint density at radius 1 is 1.32 bits per heavy atom. The highest BCUT2D eigenvalue weighted by Crippen LogP contribution is 2.26. The molecule has 0 aliphatic rings. The van der Waals surface area contributed by atoms with Gasteiger partial charge in [-0.3, -0.25) is 4.79 Å². The Balaban J connectivity index is 2.16. The second kappa shape index (κ2) is 7.25. The van der Waals surface area contributed by atoms with Gasteiger partial charge in [0, 0.05) is 6.07 Å². The molecule has 0 bridgehead atoms. The van der Waals surface area contributed by atoms with Gasteiger partial charge >= 0.3 is 0 Å². The van der Waals surface area contributed by atoms with Crippen molar-refractivity contribution in [3.8, 4) is 18.1 Å². The second-order valence-corrected chi connectivity index (χ2v) is 4.44. The van der Waals surface area contributed by atoms with Crippen LogP contribution in [0.15, 0.2) is 48.5 Å². The molecular weight excluding hydrogens is 285 g/mol. The number of aliphatic hydroxyl groups excluding tert-OH is 1. The van der Waals surface area contributed by atoms with E-state index >= 15 is 0 Å². The van der Waals surface area contributed by atoms with Crippen molar-refractivity contribution in [3.63, 3.8) is 0 Å². The summed E-state index contributed by atoms with van der Waals surface area (Å²) in [5.41, 5.74) is 0.685. The fourth-order valence-electron chi connectivity index (χ4n) is 1.83. The number of aliphatic hydroxyl groups is 1. The monoisotopic (exact) mass is 299 g/mol. The van der Waals surface area contributed by atoms with Gasteiger partial charge in [0.05, 0.1) is 5.69 Å². The van der Waals surface area contributed by atoms with E-state index in [4.69, 9.17) is 11.2 Å². The van der Waals surface area contributed by atoms with E-state index in [1.807, 2.05) is 0 Å². The van der Waals surface area contributed by atoms with Crippen molar-refractivity contribution in [3.05, 3.63) is 59.9 Å².